The summed E-state index contributed by atoms with van der Waals surface area (Å²) in [6, 6.07) is 4.87. The van der Waals surface area contributed by atoms with E-state index < -0.39 is 35.8 Å². The number of rotatable bonds is 4. The van der Waals surface area contributed by atoms with Gasteiger partial charge in [0.25, 0.3) is 0 Å². The summed E-state index contributed by atoms with van der Waals surface area (Å²) in [5.74, 6) is -1.16. The smallest absolute Gasteiger partial charge is 0.416 e. The normalized spacial score (nSPS) is 21.8. The van der Waals surface area contributed by atoms with E-state index in [1.807, 2.05) is 0 Å². The first kappa shape index (κ1) is 16.1. The van der Waals surface area contributed by atoms with E-state index in [2.05, 4.69) is 0 Å². The van der Waals surface area contributed by atoms with E-state index in [0.717, 1.165) is 11.0 Å². The summed E-state index contributed by atoms with van der Waals surface area (Å²) in [5.41, 5.74) is -2.14. The van der Waals surface area contributed by atoms with Gasteiger partial charge in [0.1, 0.15) is 6.61 Å². The van der Waals surface area contributed by atoms with Gasteiger partial charge in [-0.15, -0.1) is 0 Å². The Labute approximate surface area is 124 Å². The van der Waals surface area contributed by atoms with E-state index in [-0.39, 0.29) is 18.7 Å². The Bertz CT molecular complexity index is 602. The molecule has 0 spiro atoms. The van der Waals surface area contributed by atoms with Gasteiger partial charge >= 0.3 is 18.2 Å². The van der Waals surface area contributed by atoms with Crippen LogP contribution < -0.4 is 0 Å². The number of cyclic esters (lactones) is 1. The van der Waals surface area contributed by atoms with Gasteiger partial charge in [0, 0.05) is 0 Å². The second-order valence-electron chi connectivity index (χ2n) is 5.36. The van der Waals surface area contributed by atoms with Crippen LogP contribution in [0.15, 0.2) is 24.3 Å². The number of alkyl halides is 3. The van der Waals surface area contributed by atoms with Gasteiger partial charge in [-0.05, 0) is 18.6 Å². The fraction of sp³-hybridized carbons (Fsp3) is 0.429. The van der Waals surface area contributed by atoms with E-state index in [4.69, 9.17) is 9.84 Å². The average molecular weight is 317 g/mol. The molecule has 5 nitrogen and oxygen atoms in total. The van der Waals surface area contributed by atoms with Crippen LogP contribution in [0, 0.1) is 0 Å². The zero-order valence-electron chi connectivity index (χ0n) is 11.7. The summed E-state index contributed by atoms with van der Waals surface area (Å²) in [7, 11) is 0. The first-order chi connectivity index (χ1) is 10.1. The molecule has 0 saturated carbocycles. The molecule has 1 N–H and O–H groups in total. The van der Waals surface area contributed by atoms with Crippen LogP contribution in [-0.4, -0.2) is 34.2 Å². The van der Waals surface area contributed by atoms with Gasteiger partial charge in [-0.1, -0.05) is 18.2 Å². The molecule has 1 aliphatic heterocycles. The third-order valence-corrected chi connectivity index (χ3v) is 3.56. The number of nitrogens with zero attached hydrogens (tertiary/aromatic N) is 1. The summed E-state index contributed by atoms with van der Waals surface area (Å²) in [6.45, 7) is 0.937. The van der Waals surface area contributed by atoms with Crippen molar-refractivity contribution in [2.75, 3.05) is 6.61 Å². The van der Waals surface area contributed by atoms with Gasteiger partial charge in [0.2, 0.25) is 0 Å². The maximum absolute atomic E-state index is 13.0. The van der Waals surface area contributed by atoms with Crippen LogP contribution in [-0.2, 0) is 22.3 Å². The minimum absolute atomic E-state index is 0.106. The molecule has 0 bridgehead atoms. The second kappa shape index (κ2) is 5.51. The SMILES string of the molecule is CC1(CC(=O)O)COC(=O)N1Cc1ccccc1C(F)(F)F. The Morgan fingerprint density at radius 2 is 2.05 bits per heavy atom. The number of carboxylic acids is 1. The predicted octanol–water partition coefficient (Wildman–Crippen LogP) is 2.89. The molecule has 1 fully saturated rings. The lowest BCUT2D eigenvalue weighted by Crippen LogP contribution is -2.45. The van der Waals surface area contributed by atoms with Crippen LogP contribution in [0.5, 0.6) is 0 Å². The van der Waals surface area contributed by atoms with Crippen molar-refractivity contribution in [2.24, 2.45) is 0 Å². The number of carboxylic acid groups (broad SMARTS) is 1. The number of amides is 1. The summed E-state index contributed by atoms with van der Waals surface area (Å²) in [4.78, 5) is 23.7. The highest BCUT2D eigenvalue weighted by Gasteiger charge is 2.46. The molecule has 120 valence electrons. The molecule has 8 heteroatoms. The Balaban J connectivity index is 2.33. The number of hydrogen-bond acceptors (Lipinski definition) is 3. The molecule has 1 heterocycles. The number of ether oxygens (including phenoxy) is 1. The molecule has 1 aromatic rings. The highest BCUT2D eigenvalue weighted by molar-refractivity contribution is 5.75. The first-order valence-corrected chi connectivity index (χ1v) is 6.45. The molecule has 1 aliphatic rings. The Morgan fingerprint density at radius 1 is 1.41 bits per heavy atom. The van der Waals surface area contributed by atoms with Crippen molar-refractivity contribution in [3.63, 3.8) is 0 Å². The van der Waals surface area contributed by atoms with Crippen LogP contribution >= 0.6 is 0 Å². The Morgan fingerprint density at radius 3 is 2.64 bits per heavy atom. The number of carbonyl (C=O) groups is 2. The Kier molecular flexibility index (Phi) is 4.04. The molecule has 22 heavy (non-hydrogen) atoms. The van der Waals surface area contributed by atoms with Crippen molar-refractivity contribution >= 4 is 12.1 Å². The first-order valence-electron chi connectivity index (χ1n) is 6.45. The maximum Gasteiger partial charge on any atom is 0.416 e. The molecule has 1 amide bonds. The number of halogens is 3. The minimum Gasteiger partial charge on any atom is -0.481 e. The molecule has 0 aliphatic carbocycles. The van der Waals surface area contributed by atoms with Crippen LogP contribution in [0.2, 0.25) is 0 Å². The van der Waals surface area contributed by atoms with E-state index in [0.29, 0.717) is 0 Å². The highest BCUT2D eigenvalue weighted by Crippen LogP contribution is 2.35. The number of hydrogen-bond donors (Lipinski definition) is 1. The van der Waals surface area contributed by atoms with Gasteiger partial charge in [0.15, 0.2) is 0 Å². The summed E-state index contributed by atoms with van der Waals surface area (Å²) < 4.78 is 43.8. The van der Waals surface area contributed by atoms with Crippen molar-refractivity contribution in [1.29, 1.82) is 0 Å². The summed E-state index contributed by atoms with van der Waals surface area (Å²) in [5, 5.41) is 8.92. The maximum atomic E-state index is 13.0. The van der Waals surface area contributed by atoms with Crippen molar-refractivity contribution in [2.45, 2.75) is 31.6 Å². The lowest BCUT2D eigenvalue weighted by molar-refractivity contribution is -0.140. The molecular formula is C14H14F3NO4. The molecular weight excluding hydrogens is 303 g/mol. The largest absolute Gasteiger partial charge is 0.481 e. The van der Waals surface area contributed by atoms with Gasteiger partial charge in [-0.3, -0.25) is 9.69 Å². The molecule has 1 saturated heterocycles. The fourth-order valence-corrected chi connectivity index (χ4v) is 2.43. The molecule has 0 aromatic heterocycles. The number of aliphatic carboxylic acids is 1. The average Bonchev–Trinajstić information content (AvgIpc) is 2.65. The zero-order valence-corrected chi connectivity index (χ0v) is 11.7. The van der Waals surface area contributed by atoms with E-state index in [9.17, 15) is 22.8 Å². The molecule has 0 radical (unpaired) electrons. The number of benzene rings is 1. The van der Waals surface area contributed by atoms with E-state index in [1.54, 1.807) is 0 Å². The lowest BCUT2D eigenvalue weighted by Gasteiger charge is -2.31. The van der Waals surface area contributed by atoms with Gasteiger partial charge in [0.05, 0.1) is 24.1 Å². The van der Waals surface area contributed by atoms with E-state index >= 15 is 0 Å². The van der Waals surface area contributed by atoms with Crippen molar-refractivity contribution < 1.29 is 32.6 Å². The van der Waals surface area contributed by atoms with Crippen molar-refractivity contribution in [3.05, 3.63) is 35.4 Å². The summed E-state index contributed by atoms with van der Waals surface area (Å²) in [6.07, 6.45) is -5.78. The van der Waals surface area contributed by atoms with Crippen molar-refractivity contribution in [3.8, 4) is 0 Å². The molecule has 1 atom stereocenters. The lowest BCUT2D eigenvalue weighted by atomic mass is 9.96. The van der Waals surface area contributed by atoms with Gasteiger partial charge in [-0.2, -0.15) is 13.2 Å². The monoisotopic (exact) mass is 317 g/mol. The predicted molar refractivity (Wildman–Crippen MR) is 69.0 cm³/mol. The van der Waals surface area contributed by atoms with Crippen LogP contribution in [0.3, 0.4) is 0 Å². The molecule has 1 aromatic carbocycles. The fourth-order valence-electron chi connectivity index (χ4n) is 2.43. The standard InChI is InChI=1S/C14H14F3NO4/c1-13(6-11(19)20)8-22-12(21)18(13)7-9-4-2-3-5-10(9)14(15,16)17/h2-5H,6-8H2,1H3,(H,19,20). The molecule has 2 rings (SSSR count). The highest BCUT2D eigenvalue weighted by atomic mass is 19.4. The van der Waals surface area contributed by atoms with Crippen LogP contribution in [0.25, 0.3) is 0 Å². The minimum atomic E-state index is -4.55. The Hall–Kier alpha value is -2.25. The molecule has 1 unspecified atom stereocenters. The van der Waals surface area contributed by atoms with Crippen molar-refractivity contribution in [1.82, 2.24) is 4.90 Å². The van der Waals surface area contributed by atoms with Crippen LogP contribution in [0.4, 0.5) is 18.0 Å². The van der Waals surface area contributed by atoms with E-state index in [1.165, 1.54) is 25.1 Å². The van der Waals surface area contributed by atoms with Gasteiger partial charge in [-0.25, -0.2) is 4.79 Å². The quantitative estimate of drug-likeness (QED) is 0.927. The zero-order chi connectivity index (χ0) is 16.5. The third kappa shape index (κ3) is 3.15. The number of carbonyl (C=O) groups excluding carboxylic acids is 1. The topological polar surface area (TPSA) is 66.8 Å². The second-order valence-corrected chi connectivity index (χ2v) is 5.36. The van der Waals surface area contributed by atoms with Gasteiger partial charge < -0.3 is 9.84 Å². The summed E-state index contributed by atoms with van der Waals surface area (Å²) >= 11 is 0. The third-order valence-electron chi connectivity index (χ3n) is 3.56. The van der Waals surface area contributed by atoms with Crippen LogP contribution in [0.1, 0.15) is 24.5 Å².